The van der Waals surface area contributed by atoms with Crippen LogP contribution in [0.15, 0.2) is 42.5 Å². The highest BCUT2D eigenvalue weighted by atomic mass is 19.1. The van der Waals surface area contributed by atoms with Crippen molar-refractivity contribution >= 4 is 17.5 Å². The first-order chi connectivity index (χ1) is 12.9. The van der Waals surface area contributed by atoms with Crippen molar-refractivity contribution in [2.45, 2.75) is 6.42 Å². The quantitative estimate of drug-likeness (QED) is 0.540. The average molecular weight is 375 g/mol. The number of carbonyl (C=O) groups excluding carboxylic acids is 2. The highest BCUT2D eigenvalue weighted by molar-refractivity contribution is 5.97. The molecule has 0 aliphatic heterocycles. The molecule has 0 heterocycles. The first-order valence-electron chi connectivity index (χ1n) is 8.03. The maximum atomic E-state index is 13.5. The molecule has 0 aliphatic rings. The van der Waals surface area contributed by atoms with Gasteiger partial charge in [0.25, 0.3) is 5.91 Å². The molecule has 8 nitrogen and oxygen atoms in total. The van der Waals surface area contributed by atoms with E-state index in [1.54, 1.807) is 18.2 Å². The molecule has 0 aliphatic carbocycles. The number of rotatable bonds is 8. The molecule has 2 aromatic carbocycles. The Bertz CT molecular complexity index is 857. The Balaban J connectivity index is 1.84. The second kappa shape index (κ2) is 9.27. The normalized spacial score (nSPS) is 10.1. The Labute approximate surface area is 154 Å². The van der Waals surface area contributed by atoms with Crippen LogP contribution in [0.4, 0.5) is 10.1 Å². The summed E-state index contributed by atoms with van der Waals surface area (Å²) in [6, 6.07) is 9.99. The number of nitro benzene ring substituents is 1. The number of carbonyl (C=O) groups is 2. The minimum Gasteiger partial charge on any atom is -0.490 e. The third-order valence-electron chi connectivity index (χ3n) is 3.72. The van der Waals surface area contributed by atoms with Crippen LogP contribution in [0, 0.1) is 15.9 Å². The van der Waals surface area contributed by atoms with Crippen molar-refractivity contribution in [1.82, 2.24) is 10.6 Å². The van der Waals surface area contributed by atoms with Gasteiger partial charge in [-0.2, -0.15) is 0 Å². The Morgan fingerprint density at radius 2 is 1.93 bits per heavy atom. The zero-order valence-electron chi connectivity index (χ0n) is 14.5. The molecule has 0 saturated carbocycles. The standard InChI is InChI=1S/C18H18FN3O5/c1-27-16-7-6-13(10-15(16)22(25)26)18(24)21-11-17(23)20-9-8-12-4-2-3-5-14(12)19/h2-7,10H,8-9,11H2,1H3,(H,20,23)(H,21,24). The number of nitrogens with zero attached hydrogens (tertiary/aromatic N) is 1. The first-order valence-corrected chi connectivity index (χ1v) is 8.03. The summed E-state index contributed by atoms with van der Waals surface area (Å²) in [5.74, 6) is -1.41. The molecular formula is C18H18FN3O5. The van der Waals surface area contributed by atoms with E-state index in [4.69, 9.17) is 4.74 Å². The molecule has 2 aromatic rings. The molecule has 0 radical (unpaired) electrons. The summed E-state index contributed by atoms with van der Waals surface area (Å²) in [6.07, 6.45) is 0.317. The van der Waals surface area contributed by atoms with Gasteiger partial charge >= 0.3 is 5.69 Å². The SMILES string of the molecule is COc1ccc(C(=O)NCC(=O)NCCc2ccccc2F)cc1[N+](=O)[O-]. The first kappa shape index (κ1) is 19.8. The van der Waals surface area contributed by atoms with Gasteiger partial charge in [-0.15, -0.1) is 0 Å². The van der Waals surface area contributed by atoms with Crippen LogP contribution in [0.5, 0.6) is 5.75 Å². The van der Waals surface area contributed by atoms with Crippen molar-refractivity contribution in [1.29, 1.82) is 0 Å². The van der Waals surface area contributed by atoms with Crippen LogP contribution < -0.4 is 15.4 Å². The minimum absolute atomic E-state index is 0.0293. The molecule has 142 valence electrons. The van der Waals surface area contributed by atoms with E-state index in [-0.39, 0.29) is 35.9 Å². The maximum absolute atomic E-state index is 13.5. The van der Waals surface area contributed by atoms with Crippen molar-refractivity contribution in [3.05, 3.63) is 69.5 Å². The summed E-state index contributed by atoms with van der Waals surface area (Å²) in [6.45, 7) is -0.0976. The number of benzene rings is 2. The van der Waals surface area contributed by atoms with E-state index in [1.807, 2.05) is 0 Å². The molecule has 0 bridgehead atoms. The molecule has 2 N–H and O–H groups in total. The van der Waals surface area contributed by atoms with Crippen LogP contribution in [0.1, 0.15) is 15.9 Å². The van der Waals surface area contributed by atoms with Gasteiger partial charge in [0, 0.05) is 18.2 Å². The Morgan fingerprint density at radius 3 is 2.59 bits per heavy atom. The molecule has 0 atom stereocenters. The topological polar surface area (TPSA) is 111 Å². The van der Waals surface area contributed by atoms with Gasteiger partial charge in [-0.25, -0.2) is 4.39 Å². The van der Waals surface area contributed by atoms with E-state index in [0.717, 1.165) is 6.07 Å². The van der Waals surface area contributed by atoms with Crippen molar-refractivity contribution in [3.63, 3.8) is 0 Å². The fourth-order valence-corrected chi connectivity index (χ4v) is 2.34. The number of nitro groups is 1. The van der Waals surface area contributed by atoms with Gasteiger partial charge in [0.15, 0.2) is 5.75 Å². The Kier molecular flexibility index (Phi) is 6.81. The van der Waals surface area contributed by atoms with E-state index in [2.05, 4.69) is 10.6 Å². The molecule has 27 heavy (non-hydrogen) atoms. The van der Waals surface area contributed by atoms with Crippen LogP contribution in [0.2, 0.25) is 0 Å². The third kappa shape index (κ3) is 5.50. The van der Waals surface area contributed by atoms with Crippen LogP contribution in [-0.2, 0) is 11.2 Å². The molecule has 2 amide bonds. The van der Waals surface area contributed by atoms with E-state index in [1.165, 1.54) is 25.3 Å². The highest BCUT2D eigenvalue weighted by Crippen LogP contribution is 2.27. The van der Waals surface area contributed by atoms with Gasteiger partial charge in [-0.1, -0.05) is 18.2 Å². The predicted octanol–water partition coefficient (Wildman–Crippen LogP) is 1.83. The zero-order valence-corrected chi connectivity index (χ0v) is 14.5. The second-order valence-corrected chi connectivity index (χ2v) is 5.52. The molecule has 0 aromatic heterocycles. The molecular weight excluding hydrogens is 357 g/mol. The summed E-state index contributed by atoms with van der Waals surface area (Å²) in [7, 11) is 1.29. The number of methoxy groups -OCH3 is 1. The van der Waals surface area contributed by atoms with Crippen LogP contribution in [0.25, 0.3) is 0 Å². The van der Waals surface area contributed by atoms with Gasteiger partial charge < -0.3 is 15.4 Å². The maximum Gasteiger partial charge on any atom is 0.311 e. The molecule has 9 heteroatoms. The van der Waals surface area contributed by atoms with Crippen LogP contribution >= 0.6 is 0 Å². The lowest BCUT2D eigenvalue weighted by Gasteiger charge is -2.08. The lowest BCUT2D eigenvalue weighted by molar-refractivity contribution is -0.385. The predicted molar refractivity (Wildman–Crippen MR) is 95.1 cm³/mol. The number of amides is 2. The fourth-order valence-electron chi connectivity index (χ4n) is 2.34. The summed E-state index contributed by atoms with van der Waals surface area (Å²) < 4.78 is 18.3. The smallest absolute Gasteiger partial charge is 0.311 e. The van der Waals surface area contributed by atoms with Crippen molar-refractivity contribution < 1.29 is 23.6 Å². The number of halogens is 1. The molecule has 0 spiro atoms. The lowest BCUT2D eigenvalue weighted by atomic mass is 10.1. The van der Waals surface area contributed by atoms with Gasteiger partial charge in [-0.05, 0) is 30.2 Å². The number of hydrogen-bond acceptors (Lipinski definition) is 5. The minimum atomic E-state index is -0.662. The number of ether oxygens (including phenoxy) is 1. The monoisotopic (exact) mass is 375 g/mol. The molecule has 0 saturated heterocycles. The Hall–Kier alpha value is -3.49. The van der Waals surface area contributed by atoms with Crippen molar-refractivity contribution in [3.8, 4) is 5.75 Å². The van der Waals surface area contributed by atoms with E-state index >= 15 is 0 Å². The highest BCUT2D eigenvalue weighted by Gasteiger charge is 2.18. The summed E-state index contributed by atoms with van der Waals surface area (Å²) in [5, 5.41) is 15.9. The van der Waals surface area contributed by atoms with Crippen molar-refractivity contribution in [2.24, 2.45) is 0 Å². The second-order valence-electron chi connectivity index (χ2n) is 5.52. The molecule has 2 rings (SSSR count). The van der Waals surface area contributed by atoms with Gasteiger partial charge in [0.1, 0.15) is 5.82 Å². The van der Waals surface area contributed by atoms with Gasteiger partial charge in [-0.3, -0.25) is 19.7 Å². The number of hydrogen-bond donors (Lipinski definition) is 2. The van der Waals surface area contributed by atoms with Crippen LogP contribution in [0.3, 0.4) is 0 Å². The third-order valence-corrected chi connectivity index (χ3v) is 3.72. The number of nitrogens with one attached hydrogen (secondary N) is 2. The van der Waals surface area contributed by atoms with E-state index in [0.29, 0.717) is 12.0 Å². The van der Waals surface area contributed by atoms with Crippen LogP contribution in [-0.4, -0.2) is 36.9 Å². The molecule has 0 unspecified atom stereocenters. The van der Waals surface area contributed by atoms with E-state index in [9.17, 15) is 24.1 Å². The molecule has 0 fully saturated rings. The average Bonchev–Trinajstić information content (AvgIpc) is 2.67. The van der Waals surface area contributed by atoms with Gasteiger partial charge in [0.2, 0.25) is 5.91 Å². The fraction of sp³-hybridized carbons (Fsp3) is 0.222. The lowest BCUT2D eigenvalue weighted by Crippen LogP contribution is -2.37. The largest absolute Gasteiger partial charge is 0.490 e. The summed E-state index contributed by atoms with van der Waals surface area (Å²) in [5.41, 5.74) is 0.161. The summed E-state index contributed by atoms with van der Waals surface area (Å²) >= 11 is 0. The zero-order chi connectivity index (χ0) is 19.8. The van der Waals surface area contributed by atoms with E-state index < -0.39 is 16.7 Å². The van der Waals surface area contributed by atoms with Crippen molar-refractivity contribution in [2.75, 3.05) is 20.2 Å². The summed E-state index contributed by atoms with van der Waals surface area (Å²) in [4.78, 5) is 34.2. The van der Waals surface area contributed by atoms with Gasteiger partial charge in [0.05, 0.1) is 18.6 Å². The Morgan fingerprint density at radius 1 is 1.19 bits per heavy atom.